The number of imidazole rings is 1. The van der Waals surface area contributed by atoms with Gasteiger partial charge in [0.25, 0.3) is 0 Å². The fourth-order valence-corrected chi connectivity index (χ4v) is 3.15. The van der Waals surface area contributed by atoms with E-state index in [-0.39, 0.29) is 5.91 Å². The minimum atomic E-state index is 0.123. The highest BCUT2D eigenvalue weighted by molar-refractivity contribution is 5.78. The van der Waals surface area contributed by atoms with E-state index in [1.54, 1.807) is 6.20 Å². The summed E-state index contributed by atoms with van der Waals surface area (Å²) in [5.41, 5.74) is 1.38. The monoisotopic (exact) mass is 312 g/mol. The second-order valence-corrected chi connectivity index (χ2v) is 6.12. The summed E-state index contributed by atoms with van der Waals surface area (Å²) in [5, 5.41) is 3.00. The third kappa shape index (κ3) is 4.66. The Kier molecular flexibility index (Phi) is 5.42. The molecule has 0 unspecified atom stereocenters. The summed E-state index contributed by atoms with van der Waals surface area (Å²) in [6.07, 6.45) is 6.49. The van der Waals surface area contributed by atoms with Crippen LogP contribution < -0.4 is 5.32 Å². The summed E-state index contributed by atoms with van der Waals surface area (Å²) < 4.78 is 0. The van der Waals surface area contributed by atoms with Crippen LogP contribution in [0, 0.1) is 0 Å². The molecule has 0 radical (unpaired) electrons. The number of hydrogen-bond acceptors (Lipinski definition) is 3. The molecule has 1 aliphatic heterocycles. The SMILES string of the molecule is O=C(CN1CC[C@@H](c2ccccc2)C1)NCCCc1ncc[nH]1. The lowest BCUT2D eigenvalue weighted by Crippen LogP contribution is -2.36. The van der Waals surface area contributed by atoms with E-state index in [1.165, 1.54) is 5.56 Å². The number of carbonyl (C=O) groups excluding carboxylic acids is 1. The Hall–Kier alpha value is -2.14. The number of aromatic amines is 1. The lowest BCUT2D eigenvalue weighted by Gasteiger charge is -2.16. The Bertz CT molecular complexity index is 597. The van der Waals surface area contributed by atoms with Gasteiger partial charge in [-0.15, -0.1) is 0 Å². The van der Waals surface area contributed by atoms with Crippen molar-refractivity contribution in [3.05, 3.63) is 54.1 Å². The Balaban J connectivity index is 1.34. The molecule has 5 nitrogen and oxygen atoms in total. The van der Waals surface area contributed by atoms with Crippen molar-refractivity contribution in [3.8, 4) is 0 Å². The van der Waals surface area contributed by atoms with Crippen LogP contribution in [0.1, 0.15) is 30.1 Å². The van der Waals surface area contributed by atoms with Crippen LogP contribution in [0.3, 0.4) is 0 Å². The fourth-order valence-electron chi connectivity index (χ4n) is 3.15. The molecule has 1 aliphatic rings. The fraction of sp³-hybridized carbons (Fsp3) is 0.444. The number of rotatable bonds is 7. The van der Waals surface area contributed by atoms with Gasteiger partial charge in [-0.2, -0.15) is 0 Å². The number of nitrogens with one attached hydrogen (secondary N) is 2. The second kappa shape index (κ2) is 7.92. The number of likely N-dealkylation sites (tertiary alicyclic amines) is 1. The number of amides is 1. The zero-order valence-electron chi connectivity index (χ0n) is 13.4. The molecule has 2 heterocycles. The van der Waals surface area contributed by atoms with Crippen molar-refractivity contribution in [3.63, 3.8) is 0 Å². The van der Waals surface area contributed by atoms with E-state index < -0.39 is 0 Å². The Morgan fingerprint density at radius 3 is 3.00 bits per heavy atom. The van der Waals surface area contributed by atoms with Crippen LogP contribution in [0.15, 0.2) is 42.7 Å². The molecule has 1 aromatic heterocycles. The standard InChI is InChI=1S/C18H24N4O/c23-18(21-9-4-7-17-19-10-11-20-17)14-22-12-8-16(13-22)15-5-2-1-3-6-15/h1-3,5-6,10-11,16H,4,7-9,12-14H2,(H,19,20)(H,21,23)/t16-/m1/s1. The highest BCUT2D eigenvalue weighted by atomic mass is 16.2. The maximum Gasteiger partial charge on any atom is 0.234 e. The van der Waals surface area contributed by atoms with Gasteiger partial charge in [0, 0.05) is 31.9 Å². The van der Waals surface area contributed by atoms with Gasteiger partial charge in [-0.3, -0.25) is 9.69 Å². The van der Waals surface area contributed by atoms with Crippen LogP contribution in [0.25, 0.3) is 0 Å². The molecular weight excluding hydrogens is 288 g/mol. The maximum absolute atomic E-state index is 12.0. The number of hydrogen-bond donors (Lipinski definition) is 2. The first kappa shape index (κ1) is 15.7. The van der Waals surface area contributed by atoms with E-state index >= 15 is 0 Å². The highest BCUT2D eigenvalue weighted by Crippen LogP contribution is 2.26. The van der Waals surface area contributed by atoms with Gasteiger partial charge < -0.3 is 10.3 Å². The smallest absolute Gasteiger partial charge is 0.234 e. The van der Waals surface area contributed by atoms with Gasteiger partial charge in [-0.1, -0.05) is 30.3 Å². The van der Waals surface area contributed by atoms with Gasteiger partial charge >= 0.3 is 0 Å². The van der Waals surface area contributed by atoms with E-state index in [0.717, 1.165) is 38.2 Å². The molecule has 1 amide bonds. The molecule has 2 N–H and O–H groups in total. The molecule has 1 saturated heterocycles. The average Bonchev–Trinajstić information content (AvgIpc) is 3.24. The summed E-state index contributed by atoms with van der Waals surface area (Å²) in [6, 6.07) is 10.6. The van der Waals surface area contributed by atoms with Crippen LogP contribution in [0.4, 0.5) is 0 Å². The normalized spacial score (nSPS) is 18.2. The first-order valence-electron chi connectivity index (χ1n) is 8.33. The van der Waals surface area contributed by atoms with Crippen LogP contribution in [0.5, 0.6) is 0 Å². The first-order valence-corrected chi connectivity index (χ1v) is 8.33. The van der Waals surface area contributed by atoms with E-state index in [2.05, 4.69) is 44.5 Å². The van der Waals surface area contributed by atoms with Crippen molar-refractivity contribution in [2.75, 3.05) is 26.2 Å². The van der Waals surface area contributed by atoms with Crippen LogP contribution in [-0.4, -0.2) is 47.0 Å². The molecule has 1 fully saturated rings. The molecule has 0 aliphatic carbocycles. The van der Waals surface area contributed by atoms with Crippen molar-refractivity contribution in [1.82, 2.24) is 20.2 Å². The topological polar surface area (TPSA) is 61.0 Å². The molecule has 122 valence electrons. The van der Waals surface area contributed by atoms with Gasteiger partial charge in [0.2, 0.25) is 5.91 Å². The summed E-state index contributed by atoms with van der Waals surface area (Å²) in [5.74, 6) is 1.66. The number of aryl methyl sites for hydroxylation is 1. The van der Waals surface area contributed by atoms with Crippen molar-refractivity contribution in [2.24, 2.45) is 0 Å². The highest BCUT2D eigenvalue weighted by Gasteiger charge is 2.24. The van der Waals surface area contributed by atoms with Crippen molar-refractivity contribution < 1.29 is 4.79 Å². The van der Waals surface area contributed by atoms with Gasteiger partial charge in [0.15, 0.2) is 0 Å². The van der Waals surface area contributed by atoms with Crippen LogP contribution in [0.2, 0.25) is 0 Å². The molecule has 2 aromatic rings. The summed E-state index contributed by atoms with van der Waals surface area (Å²) >= 11 is 0. The number of benzene rings is 1. The minimum absolute atomic E-state index is 0.123. The number of nitrogens with zero attached hydrogens (tertiary/aromatic N) is 2. The molecule has 1 atom stereocenters. The third-order valence-electron chi connectivity index (χ3n) is 4.38. The molecular formula is C18H24N4O. The van der Waals surface area contributed by atoms with Crippen LogP contribution >= 0.6 is 0 Å². The van der Waals surface area contributed by atoms with Crippen molar-refractivity contribution in [1.29, 1.82) is 0 Å². The zero-order chi connectivity index (χ0) is 15.9. The van der Waals surface area contributed by atoms with Gasteiger partial charge in [0.05, 0.1) is 6.54 Å². The van der Waals surface area contributed by atoms with Gasteiger partial charge in [-0.25, -0.2) is 4.98 Å². The zero-order valence-corrected chi connectivity index (χ0v) is 13.4. The van der Waals surface area contributed by atoms with Gasteiger partial charge in [-0.05, 0) is 30.9 Å². The van der Waals surface area contributed by atoms with E-state index in [0.29, 0.717) is 19.0 Å². The van der Waals surface area contributed by atoms with Crippen molar-refractivity contribution >= 4 is 5.91 Å². The van der Waals surface area contributed by atoms with E-state index in [9.17, 15) is 4.79 Å². The third-order valence-corrected chi connectivity index (χ3v) is 4.38. The summed E-state index contributed by atoms with van der Waals surface area (Å²) in [7, 11) is 0. The predicted octanol–water partition coefficient (Wildman–Crippen LogP) is 1.95. The lowest BCUT2D eigenvalue weighted by molar-refractivity contribution is -0.122. The lowest BCUT2D eigenvalue weighted by atomic mass is 9.99. The van der Waals surface area contributed by atoms with Gasteiger partial charge in [0.1, 0.15) is 5.82 Å². The minimum Gasteiger partial charge on any atom is -0.355 e. The molecule has 0 saturated carbocycles. The number of aromatic nitrogens is 2. The largest absolute Gasteiger partial charge is 0.355 e. The molecule has 0 bridgehead atoms. The molecule has 5 heteroatoms. The Morgan fingerprint density at radius 1 is 1.35 bits per heavy atom. The van der Waals surface area contributed by atoms with E-state index in [1.807, 2.05) is 12.3 Å². The van der Waals surface area contributed by atoms with E-state index in [4.69, 9.17) is 0 Å². The second-order valence-electron chi connectivity index (χ2n) is 6.12. The quantitative estimate of drug-likeness (QED) is 0.768. The Morgan fingerprint density at radius 2 is 2.22 bits per heavy atom. The summed E-state index contributed by atoms with van der Waals surface area (Å²) in [6.45, 7) is 3.18. The molecule has 23 heavy (non-hydrogen) atoms. The Labute approximate surface area is 137 Å². The number of carbonyl (C=O) groups is 1. The van der Waals surface area contributed by atoms with Crippen molar-refractivity contribution in [2.45, 2.75) is 25.2 Å². The molecule has 0 spiro atoms. The van der Waals surface area contributed by atoms with Crippen LogP contribution in [-0.2, 0) is 11.2 Å². The first-order chi connectivity index (χ1) is 11.3. The maximum atomic E-state index is 12.0. The number of H-pyrrole nitrogens is 1. The molecule has 3 rings (SSSR count). The summed E-state index contributed by atoms with van der Waals surface area (Å²) in [4.78, 5) is 21.5. The predicted molar refractivity (Wildman–Crippen MR) is 90.2 cm³/mol. The molecule has 1 aromatic carbocycles. The average molecular weight is 312 g/mol.